The summed E-state index contributed by atoms with van der Waals surface area (Å²) in [7, 11) is 0. The van der Waals surface area contributed by atoms with Gasteiger partial charge in [-0.05, 0) is 18.6 Å². The molecule has 0 atom stereocenters. The first-order chi connectivity index (χ1) is 8.72. The Kier molecular flexibility index (Phi) is 9.53. The fourth-order valence-electron chi connectivity index (χ4n) is 1.61. The van der Waals surface area contributed by atoms with Gasteiger partial charge in [0.25, 0.3) is 0 Å². The third-order valence-corrected chi connectivity index (χ3v) is 2.58. The van der Waals surface area contributed by atoms with Gasteiger partial charge >= 0.3 is 6.03 Å². The molecule has 2 amide bonds. The average Bonchev–Trinajstić information content (AvgIpc) is 2.35. The van der Waals surface area contributed by atoms with Crippen LogP contribution in [0.1, 0.15) is 39.0 Å². The molecule has 3 N–H and O–H groups in total. The van der Waals surface area contributed by atoms with Gasteiger partial charge in [-0.3, -0.25) is 10.7 Å². The standard InChI is InChI=1S/C14H21N3O.ClH/c1-2-3-4-8-11-13(15)17-14(18)16-12-9-6-5-7-10-12;/h5-7,9-10H,2-4,8,11H2,1H3,(H3,15,16,17,18);1H. The fourth-order valence-corrected chi connectivity index (χ4v) is 1.61. The summed E-state index contributed by atoms with van der Waals surface area (Å²) in [6.07, 6.45) is 5.06. The summed E-state index contributed by atoms with van der Waals surface area (Å²) in [5.74, 6) is 0.277. The molecule has 19 heavy (non-hydrogen) atoms. The van der Waals surface area contributed by atoms with Crippen molar-refractivity contribution in [2.75, 3.05) is 5.32 Å². The van der Waals surface area contributed by atoms with Crippen molar-refractivity contribution < 1.29 is 4.79 Å². The highest BCUT2D eigenvalue weighted by molar-refractivity contribution is 6.02. The van der Waals surface area contributed by atoms with E-state index >= 15 is 0 Å². The Morgan fingerprint density at radius 1 is 1.16 bits per heavy atom. The van der Waals surface area contributed by atoms with Crippen molar-refractivity contribution in [2.45, 2.75) is 39.0 Å². The Balaban J connectivity index is 0.00000324. The van der Waals surface area contributed by atoms with Crippen LogP contribution in [-0.4, -0.2) is 11.9 Å². The number of rotatable bonds is 6. The van der Waals surface area contributed by atoms with Gasteiger partial charge in [-0.1, -0.05) is 44.4 Å². The lowest BCUT2D eigenvalue weighted by Gasteiger charge is -2.08. The van der Waals surface area contributed by atoms with E-state index in [4.69, 9.17) is 5.41 Å². The lowest BCUT2D eigenvalue weighted by molar-refractivity contribution is 0.256. The van der Waals surface area contributed by atoms with Crippen LogP contribution < -0.4 is 10.6 Å². The molecule has 0 aromatic heterocycles. The Labute approximate surface area is 120 Å². The fraction of sp³-hybridized carbons (Fsp3) is 0.429. The predicted octanol–water partition coefficient (Wildman–Crippen LogP) is 4.18. The molecule has 0 heterocycles. The van der Waals surface area contributed by atoms with Gasteiger partial charge in [0.05, 0.1) is 0 Å². The second kappa shape index (κ2) is 10.4. The van der Waals surface area contributed by atoms with Gasteiger partial charge in [0.1, 0.15) is 5.84 Å². The van der Waals surface area contributed by atoms with Crippen molar-refractivity contribution in [2.24, 2.45) is 0 Å². The van der Waals surface area contributed by atoms with E-state index in [1.807, 2.05) is 30.3 Å². The van der Waals surface area contributed by atoms with Crippen LogP contribution in [-0.2, 0) is 0 Å². The van der Waals surface area contributed by atoms with Crippen LogP contribution in [0, 0.1) is 5.41 Å². The molecule has 0 spiro atoms. The second-order valence-electron chi connectivity index (χ2n) is 4.23. The Morgan fingerprint density at radius 3 is 2.47 bits per heavy atom. The van der Waals surface area contributed by atoms with Gasteiger partial charge in [0.15, 0.2) is 0 Å². The Hall–Kier alpha value is -1.55. The Bertz CT molecular complexity index is 382. The zero-order valence-electron chi connectivity index (χ0n) is 11.2. The van der Waals surface area contributed by atoms with Crippen LogP contribution in [0.2, 0.25) is 0 Å². The van der Waals surface area contributed by atoms with Crippen LogP contribution in [0.4, 0.5) is 10.5 Å². The van der Waals surface area contributed by atoms with Crippen molar-refractivity contribution in [1.82, 2.24) is 5.32 Å². The number of nitrogens with one attached hydrogen (secondary N) is 3. The average molecular weight is 284 g/mol. The van der Waals surface area contributed by atoms with Gasteiger partial charge in [0, 0.05) is 12.1 Å². The molecule has 0 saturated carbocycles. The van der Waals surface area contributed by atoms with Crippen molar-refractivity contribution >= 4 is 30.0 Å². The third-order valence-electron chi connectivity index (χ3n) is 2.58. The van der Waals surface area contributed by atoms with Gasteiger partial charge < -0.3 is 5.32 Å². The van der Waals surface area contributed by atoms with E-state index < -0.39 is 0 Å². The highest BCUT2D eigenvalue weighted by Crippen LogP contribution is 2.05. The number of urea groups is 1. The first-order valence-corrected chi connectivity index (χ1v) is 6.43. The number of anilines is 1. The quantitative estimate of drug-likeness (QED) is 0.409. The van der Waals surface area contributed by atoms with Crippen molar-refractivity contribution in [3.63, 3.8) is 0 Å². The molecule has 0 radical (unpaired) electrons. The second-order valence-corrected chi connectivity index (χ2v) is 4.23. The molecule has 5 heteroatoms. The largest absolute Gasteiger partial charge is 0.324 e. The molecule has 1 aromatic rings. The molecule has 0 saturated heterocycles. The smallest absolute Gasteiger partial charge is 0.308 e. The van der Waals surface area contributed by atoms with E-state index in [-0.39, 0.29) is 24.3 Å². The van der Waals surface area contributed by atoms with Crippen LogP contribution in [0.15, 0.2) is 30.3 Å². The predicted molar refractivity (Wildman–Crippen MR) is 82.3 cm³/mol. The van der Waals surface area contributed by atoms with Gasteiger partial charge in [0.2, 0.25) is 0 Å². The normalized spacial score (nSPS) is 9.32. The minimum absolute atomic E-state index is 0. The monoisotopic (exact) mass is 283 g/mol. The van der Waals surface area contributed by atoms with Crippen LogP contribution in [0.5, 0.6) is 0 Å². The first kappa shape index (κ1) is 17.4. The molecular formula is C14H22ClN3O. The van der Waals surface area contributed by atoms with E-state index in [0.717, 1.165) is 18.5 Å². The molecule has 106 valence electrons. The number of amidine groups is 1. The van der Waals surface area contributed by atoms with Crippen molar-refractivity contribution in [3.05, 3.63) is 30.3 Å². The third kappa shape index (κ3) is 8.21. The number of para-hydroxylation sites is 1. The topological polar surface area (TPSA) is 65.0 Å². The summed E-state index contributed by atoms with van der Waals surface area (Å²) >= 11 is 0. The molecule has 0 fully saturated rings. The van der Waals surface area contributed by atoms with E-state index in [1.165, 1.54) is 12.8 Å². The lowest BCUT2D eigenvalue weighted by atomic mass is 10.1. The summed E-state index contributed by atoms with van der Waals surface area (Å²) in [5.41, 5.74) is 0.730. The first-order valence-electron chi connectivity index (χ1n) is 6.43. The minimum Gasteiger partial charge on any atom is -0.308 e. The number of halogens is 1. The number of benzene rings is 1. The molecule has 0 aliphatic carbocycles. The maximum Gasteiger partial charge on any atom is 0.324 e. The van der Waals surface area contributed by atoms with Crippen molar-refractivity contribution in [3.8, 4) is 0 Å². The molecule has 0 aliphatic heterocycles. The van der Waals surface area contributed by atoms with Crippen molar-refractivity contribution in [1.29, 1.82) is 5.41 Å². The van der Waals surface area contributed by atoms with Crippen LogP contribution in [0.3, 0.4) is 0 Å². The van der Waals surface area contributed by atoms with E-state index in [2.05, 4.69) is 17.6 Å². The summed E-state index contributed by atoms with van der Waals surface area (Å²) in [6, 6.07) is 8.87. The van der Waals surface area contributed by atoms with Crippen LogP contribution >= 0.6 is 12.4 Å². The summed E-state index contributed by atoms with van der Waals surface area (Å²) in [5, 5.41) is 12.9. The zero-order chi connectivity index (χ0) is 13.2. The molecule has 1 rings (SSSR count). The van der Waals surface area contributed by atoms with Gasteiger partial charge in [-0.15, -0.1) is 12.4 Å². The molecule has 0 unspecified atom stereocenters. The minimum atomic E-state index is -0.346. The number of hydrogen-bond donors (Lipinski definition) is 3. The molecular weight excluding hydrogens is 262 g/mol. The maximum absolute atomic E-state index is 11.5. The Morgan fingerprint density at radius 2 is 1.84 bits per heavy atom. The number of carbonyl (C=O) groups excluding carboxylic acids is 1. The summed E-state index contributed by atoms with van der Waals surface area (Å²) in [6.45, 7) is 2.15. The number of unbranched alkanes of at least 4 members (excludes halogenated alkanes) is 3. The summed E-state index contributed by atoms with van der Waals surface area (Å²) in [4.78, 5) is 11.5. The van der Waals surface area contributed by atoms with Gasteiger partial charge in [-0.25, -0.2) is 4.79 Å². The number of hydrogen-bond acceptors (Lipinski definition) is 2. The number of amides is 2. The summed E-state index contributed by atoms with van der Waals surface area (Å²) < 4.78 is 0. The van der Waals surface area contributed by atoms with Gasteiger partial charge in [-0.2, -0.15) is 0 Å². The highest BCUT2D eigenvalue weighted by atomic mass is 35.5. The zero-order valence-corrected chi connectivity index (χ0v) is 12.1. The molecule has 0 bridgehead atoms. The molecule has 1 aromatic carbocycles. The van der Waals surface area contributed by atoms with E-state index in [1.54, 1.807) is 0 Å². The van der Waals surface area contributed by atoms with E-state index in [9.17, 15) is 4.79 Å². The number of carbonyl (C=O) groups is 1. The maximum atomic E-state index is 11.5. The highest BCUT2D eigenvalue weighted by Gasteiger charge is 2.04. The SMILES string of the molecule is CCCCCCC(=N)NC(=O)Nc1ccccc1.Cl. The molecule has 4 nitrogen and oxygen atoms in total. The van der Waals surface area contributed by atoms with Crippen LogP contribution in [0.25, 0.3) is 0 Å². The molecule has 0 aliphatic rings. The lowest BCUT2D eigenvalue weighted by Crippen LogP contribution is -2.33. The van der Waals surface area contributed by atoms with E-state index in [0.29, 0.717) is 6.42 Å².